The van der Waals surface area contributed by atoms with Gasteiger partial charge in [-0.05, 0) is 36.2 Å². The molecule has 0 saturated carbocycles. The molecule has 0 saturated heterocycles. The average Bonchev–Trinajstić information content (AvgIpc) is 2.77. The fourth-order valence-electron chi connectivity index (χ4n) is 3.53. The van der Waals surface area contributed by atoms with E-state index < -0.39 is 11.9 Å². The van der Waals surface area contributed by atoms with E-state index in [0.29, 0.717) is 38.6 Å². The molecule has 0 fully saturated rings. The number of thioether (sulfide) groups is 1. The number of hydrogen-bond acceptors (Lipinski definition) is 7. The van der Waals surface area contributed by atoms with Gasteiger partial charge in [0.1, 0.15) is 5.82 Å². The fourth-order valence-corrected chi connectivity index (χ4v) is 4.68. The molecule has 0 spiro atoms. The van der Waals surface area contributed by atoms with Crippen molar-refractivity contribution < 1.29 is 9.53 Å². The highest BCUT2D eigenvalue weighted by molar-refractivity contribution is 7.98. The number of halogens is 1. The van der Waals surface area contributed by atoms with Gasteiger partial charge in [-0.3, -0.25) is 9.78 Å². The number of allylic oxidation sites excluding steroid dienone is 1. The number of rotatable bonds is 5. The Morgan fingerprint density at radius 3 is 2.68 bits per heavy atom. The number of aromatic nitrogens is 3. The number of ether oxygens (including phenoxy) is 1. The minimum Gasteiger partial charge on any atom is -0.466 e. The van der Waals surface area contributed by atoms with Crippen molar-refractivity contribution in [3.63, 3.8) is 0 Å². The Bertz CT molecular complexity index is 1230. The standard InChI is InChI=1S/C22H19ClN4O3S/c1-12-16(21(29)30-2)17(13-7-9-24-10-8-13)18-19(25-12)26-22(27-20(18)28)31-11-14-5-3-4-6-15(14)23/h3-10,17H,11H2,1-2H3,(H2,25,26,27,28). The number of hydrogen-bond donors (Lipinski definition) is 2. The van der Waals surface area contributed by atoms with Crippen LogP contribution in [0.4, 0.5) is 5.82 Å². The molecule has 0 amide bonds. The summed E-state index contributed by atoms with van der Waals surface area (Å²) in [6.07, 6.45) is 3.24. The SMILES string of the molecule is COC(=O)C1=C(C)Nc2nc(SCc3ccccc3Cl)[nH]c(=O)c2C1c1ccncc1. The van der Waals surface area contributed by atoms with Crippen LogP contribution >= 0.6 is 23.4 Å². The molecule has 9 heteroatoms. The van der Waals surface area contributed by atoms with Crippen molar-refractivity contribution in [2.45, 2.75) is 23.8 Å². The van der Waals surface area contributed by atoms with Crippen LogP contribution in [-0.4, -0.2) is 28.0 Å². The Morgan fingerprint density at radius 1 is 1.23 bits per heavy atom. The van der Waals surface area contributed by atoms with Gasteiger partial charge in [-0.1, -0.05) is 41.6 Å². The quantitative estimate of drug-likeness (QED) is 0.340. The first kappa shape index (κ1) is 21.1. The Balaban J connectivity index is 1.76. The smallest absolute Gasteiger partial charge is 0.336 e. The maximum atomic E-state index is 13.1. The molecular weight excluding hydrogens is 436 g/mol. The van der Waals surface area contributed by atoms with Crippen LogP contribution < -0.4 is 10.9 Å². The lowest BCUT2D eigenvalue weighted by molar-refractivity contribution is -0.136. The third-order valence-corrected chi connectivity index (χ3v) is 6.28. The largest absolute Gasteiger partial charge is 0.466 e. The fraction of sp³-hybridized carbons (Fsp3) is 0.182. The summed E-state index contributed by atoms with van der Waals surface area (Å²) in [6.45, 7) is 1.77. The van der Waals surface area contributed by atoms with Crippen molar-refractivity contribution in [1.29, 1.82) is 0 Å². The number of carbonyl (C=O) groups is 1. The average molecular weight is 455 g/mol. The number of methoxy groups -OCH3 is 1. The van der Waals surface area contributed by atoms with Gasteiger partial charge in [-0.25, -0.2) is 9.78 Å². The Hall–Kier alpha value is -3.10. The lowest BCUT2D eigenvalue weighted by Crippen LogP contribution is -2.31. The van der Waals surface area contributed by atoms with Crippen LogP contribution in [0.15, 0.2) is 70.0 Å². The summed E-state index contributed by atoms with van der Waals surface area (Å²) in [6, 6.07) is 11.1. The van der Waals surface area contributed by atoms with E-state index in [4.69, 9.17) is 16.3 Å². The summed E-state index contributed by atoms with van der Waals surface area (Å²) in [5.74, 6) is -0.158. The lowest BCUT2D eigenvalue weighted by atomic mass is 9.83. The number of esters is 1. The molecule has 7 nitrogen and oxygen atoms in total. The number of H-pyrrole nitrogens is 1. The second-order valence-electron chi connectivity index (χ2n) is 6.88. The molecular formula is C22H19ClN4O3S. The maximum Gasteiger partial charge on any atom is 0.336 e. The molecule has 3 aromatic rings. The molecule has 1 aromatic carbocycles. The minimum absolute atomic E-state index is 0.324. The predicted molar refractivity (Wildman–Crippen MR) is 120 cm³/mol. The minimum atomic E-state index is -0.620. The Labute approximate surface area is 187 Å². The van der Waals surface area contributed by atoms with Gasteiger partial charge in [0.05, 0.1) is 24.2 Å². The van der Waals surface area contributed by atoms with E-state index in [1.165, 1.54) is 18.9 Å². The molecule has 1 aliphatic heterocycles. The van der Waals surface area contributed by atoms with Crippen LogP contribution in [-0.2, 0) is 15.3 Å². The van der Waals surface area contributed by atoms with Gasteiger partial charge in [-0.15, -0.1) is 0 Å². The van der Waals surface area contributed by atoms with E-state index in [-0.39, 0.29) is 5.56 Å². The molecule has 31 heavy (non-hydrogen) atoms. The molecule has 158 valence electrons. The van der Waals surface area contributed by atoms with Crippen LogP contribution in [0, 0.1) is 0 Å². The van der Waals surface area contributed by atoms with Crippen molar-refractivity contribution >= 4 is 35.1 Å². The molecule has 3 heterocycles. The number of nitrogens with zero attached hydrogens (tertiary/aromatic N) is 2. The number of carbonyl (C=O) groups excluding carboxylic acids is 1. The predicted octanol–water partition coefficient (Wildman–Crippen LogP) is 4.12. The first-order valence-corrected chi connectivity index (χ1v) is 10.8. The summed E-state index contributed by atoms with van der Waals surface area (Å²) in [5.41, 5.74) is 2.68. The summed E-state index contributed by atoms with van der Waals surface area (Å²) in [5, 5.41) is 4.23. The van der Waals surface area contributed by atoms with Gasteiger partial charge in [0.25, 0.3) is 5.56 Å². The zero-order chi connectivity index (χ0) is 22.0. The van der Waals surface area contributed by atoms with Crippen LogP contribution in [0.1, 0.15) is 29.5 Å². The van der Waals surface area contributed by atoms with Crippen molar-refractivity contribution in [2.75, 3.05) is 12.4 Å². The monoisotopic (exact) mass is 454 g/mol. The van der Waals surface area contributed by atoms with Crippen LogP contribution in [0.5, 0.6) is 0 Å². The summed E-state index contributed by atoms with van der Waals surface area (Å²) < 4.78 is 4.99. The molecule has 2 aromatic heterocycles. The number of anilines is 1. The maximum absolute atomic E-state index is 13.1. The highest BCUT2D eigenvalue weighted by Gasteiger charge is 2.36. The molecule has 1 atom stereocenters. The van der Waals surface area contributed by atoms with E-state index in [9.17, 15) is 9.59 Å². The summed E-state index contributed by atoms with van der Waals surface area (Å²) in [4.78, 5) is 37.2. The highest BCUT2D eigenvalue weighted by Crippen LogP contribution is 2.40. The normalized spacial score (nSPS) is 15.3. The summed E-state index contributed by atoms with van der Waals surface area (Å²) >= 11 is 7.61. The van der Waals surface area contributed by atoms with Gasteiger partial charge in [0, 0.05) is 28.9 Å². The number of aromatic amines is 1. The molecule has 1 aliphatic rings. The van der Waals surface area contributed by atoms with Gasteiger partial charge in [-0.2, -0.15) is 0 Å². The van der Waals surface area contributed by atoms with E-state index in [1.54, 1.807) is 31.5 Å². The Kier molecular flexibility index (Phi) is 6.11. The molecule has 0 bridgehead atoms. The first-order valence-electron chi connectivity index (χ1n) is 9.46. The second kappa shape index (κ2) is 8.95. The highest BCUT2D eigenvalue weighted by atomic mass is 35.5. The number of pyridine rings is 1. The second-order valence-corrected chi connectivity index (χ2v) is 8.25. The molecule has 0 radical (unpaired) electrons. The van der Waals surface area contributed by atoms with E-state index >= 15 is 0 Å². The molecule has 1 unspecified atom stereocenters. The number of benzene rings is 1. The van der Waals surface area contributed by atoms with Crippen molar-refractivity contribution in [2.24, 2.45) is 0 Å². The third-order valence-electron chi connectivity index (χ3n) is 4.99. The van der Waals surface area contributed by atoms with Crippen LogP contribution in [0.2, 0.25) is 5.02 Å². The van der Waals surface area contributed by atoms with Crippen molar-refractivity contribution in [1.82, 2.24) is 15.0 Å². The van der Waals surface area contributed by atoms with Crippen molar-refractivity contribution in [3.8, 4) is 0 Å². The van der Waals surface area contributed by atoms with Gasteiger partial charge < -0.3 is 15.0 Å². The molecule has 2 N–H and O–H groups in total. The van der Waals surface area contributed by atoms with Crippen LogP contribution in [0.3, 0.4) is 0 Å². The summed E-state index contributed by atoms with van der Waals surface area (Å²) in [7, 11) is 1.32. The Morgan fingerprint density at radius 2 is 1.97 bits per heavy atom. The zero-order valence-corrected chi connectivity index (χ0v) is 18.4. The van der Waals surface area contributed by atoms with E-state index in [2.05, 4.69) is 20.3 Å². The first-order chi connectivity index (χ1) is 15.0. The number of nitrogens with one attached hydrogen (secondary N) is 2. The molecule has 4 rings (SSSR count). The van der Waals surface area contributed by atoms with E-state index in [1.807, 2.05) is 24.3 Å². The van der Waals surface area contributed by atoms with E-state index in [0.717, 1.165) is 11.1 Å². The van der Waals surface area contributed by atoms with Gasteiger partial charge in [0.2, 0.25) is 0 Å². The van der Waals surface area contributed by atoms with Crippen LogP contribution in [0.25, 0.3) is 0 Å². The zero-order valence-electron chi connectivity index (χ0n) is 16.8. The van der Waals surface area contributed by atoms with Crippen molar-refractivity contribution in [3.05, 3.63) is 92.1 Å². The number of fused-ring (bicyclic) bond motifs is 1. The third kappa shape index (κ3) is 4.22. The van der Waals surface area contributed by atoms with Gasteiger partial charge in [0.15, 0.2) is 5.16 Å². The van der Waals surface area contributed by atoms with Gasteiger partial charge >= 0.3 is 5.97 Å². The lowest BCUT2D eigenvalue weighted by Gasteiger charge is -2.28. The molecule has 0 aliphatic carbocycles. The topological polar surface area (TPSA) is 97.0 Å².